The molecule has 28 heavy (non-hydrogen) atoms. The van der Waals surface area contributed by atoms with Crippen LogP contribution in [-0.4, -0.2) is 45.7 Å². The summed E-state index contributed by atoms with van der Waals surface area (Å²) in [7, 11) is 0. The van der Waals surface area contributed by atoms with Crippen molar-refractivity contribution in [1.29, 1.82) is 0 Å². The molecule has 2 aromatic rings. The fourth-order valence-corrected chi connectivity index (χ4v) is 3.72. The Morgan fingerprint density at radius 2 is 1.79 bits per heavy atom. The SMILES string of the molecule is CC(NC(=O)C(O)C(O)C(=O)N1CCc2ccccc2C1)c1cccc(Br)c1. The Morgan fingerprint density at radius 3 is 2.50 bits per heavy atom. The van der Waals surface area contributed by atoms with Crippen LogP contribution in [0.25, 0.3) is 0 Å². The third-order valence-electron chi connectivity index (χ3n) is 4.97. The van der Waals surface area contributed by atoms with E-state index in [-0.39, 0.29) is 6.04 Å². The first kappa shape index (κ1) is 20.5. The van der Waals surface area contributed by atoms with Gasteiger partial charge in [-0.3, -0.25) is 9.59 Å². The quantitative estimate of drug-likeness (QED) is 0.654. The third-order valence-corrected chi connectivity index (χ3v) is 5.46. The zero-order valence-corrected chi connectivity index (χ0v) is 17.1. The molecule has 6 nitrogen and oxygen atoms in total. The van der Waals surface area contributed by atoms with E-state index in [9.17, 15) is 19.8 Å². The number of hydrogen-bond acceptors (Lipinski definition) is 4. The van der Waals surface area contributed by atoms with Crippen molar-refractivity contribution < 1.29 is 19.8 Å². The summed E-state index contributed by atoms with van der Waals surface area (Å²) >= 11 is 3.37. The van der Waals surface area contributed by atoms with E-state index in [1.165, 1.54) is 10.5 Å². The summed E-state index contributed by atoms with van der Waals surface area (Å²) in [5.74, 6) is -1.43. The summed E-state index contributed by atoms with van der Waals surface area (Å²) in [6.07, 6.45) is -2.96. The Morgan fingerprint density at radius 1 is 1.07 bits per heavy atom. The van der Waals surface area contributed by atoms with Gasteiger partial charge in [0.1, 0.15) is 0 Å². The molecule has 1 aliphatic heterocycles. The highest BCUT2D eigenvalue weighted by Gasteiger charge is 2.35. The second kappa shape index (κ2) is 8.86. The predicted octanol–water partition coefficient (Wildman–Crippen LogP) is 1.93. The molecule has 1 heterocycles. The van der Waals surface area contributed by atoms with Crippen LogP contribution in [0.1, 0.15) is 29.7 Å². The van der Waals surface area contributed by atoms with Crippen LogP contribution in [0.3, 0.4) is 0 Å². The van der Waals surface area contributed by atoms with Gasteiger partial charge in [0.25, 0.3) is 11.8 Å². The molecule has 3 N–H and O–H groups in total. The maximum atomic E-state index is 12.6. The zero-order chi connectivity index (χ0) is 20.3. The minimum absolute atomic E-state index is 0.356. The van der Waals surface area contributed by atoms with E-state index in [0.717, 1.165) is 15.6 Å². The zero-order valence-electron chi connectivity index (χ0n) is 15.5. The van der Waals surface area contributed by atoms with Gasteiger partial charge in [-0.2, -0.15) is 0 Å². The first-order chi connectivity index (χ1) is 13.4. The molecule has 0 radical (unpaired) electrons. The summed E-state index contributed by atoms with van der Waals surface area (Å²) in [5, 5.41) is 23.1. The van der Waals surface area contributed by atoms with Crippen molar-refractivity contribution in [2.45, 2.75) is 38.1 Å². The van der Waals surface area contributed by atoms with Crippen molar-refractivity contribution in [3.8, 4) is 0 Å². The molecule has 0 aliphatic carbocycles. The maximum absolute atomic E-state index is 12.6. The van der Waals surface area contributed by atoms with Gasteiger partial charge in [0.15, 0.2) is 12.2 Å². The highest BCUT2D eigenvalue weighted by molar-refractivity contribution is 9.10. The van der Waals surface area contributed by atoms with E-state index < -0.39 is 24.0 Å². The number of fused-ring (bicyclic) bond motifs is 1. The van der Waals surface area contributed by atoms with E-state index in [4.69, 9.17) is 0 Å². The molecule has 0 bridgehead atoms. The maximum Gasteiger partial charge on any atom is 0.255 e. The minimum atomic E-state index is -1.83. The van der Waals surface area contributed by atoms with Crippen LogP contribution in [0, 0.1) is 0 Å². The number of benzene rings is 2. The second-order valence-electron chi connectivity index (χ2n) is 6.95. The van der Waals surface area contributed by atoms with Crippen molar-refractivity contribution in [3.63, 3.8) is 0 Å². The minimum Gasteiger partial charge on any atom is -0.380 e. The third kappa shape index (κ3) is 4.60. The van der Waals surface area contributed by atoms with Gasteiger partial charge in [-0.1, -0.05) is 52.3 Å². The van der Waals surface area contributed by atoms with Gasteiger partial charge in [-0.05, 0) is 42.2 Å². The van der Waals surface area contributed by atoms with Gasteiger partial charge in [0.2, 0.25) is 0 Å². The first-order valence-corrected chi connectivity index (χ1v) is 9.93. The molecule has 3 unspecified atom stereocenters. The molecule has 3 atom stereocenters. The predicted molar refractivity (Wildman–Crippen MR) is 108 cm³/mol. The van der Waals surface area contributed by atoms with E-state index in [1.54, 1.807) is 6.92 Å². The van der Waals surface area contributed by atoms with E-state index in [0.29, 0.717) is 19.5 Å². The van der Waals surface area contributed by atoms with Crippen LogP contribution in [0.15, 0.2) is 53.0 Å². The van der Waals surface area contributed by atoms with Gasteiger partial charge in [0.05, 0.1) is 6.04 Å². The molecule has 0 saturated heterocycles. The number of carbonyl (C=O) groups is 2. The standard InChI is InChI=1S/C21H23BrN2O4/c1-13(15-7-4-8-17(22)11-15)23-20(27)18(25)19(26)21(28)24-10-9-14-5-2-3-6-16(14)12-24/h2-8,11,13,18-19,25-26H,9-10,12H2,1H3,(H,23,27). The number of amides is 2. The highest BCUT2D eigenvalue weighted by atomic mass is 79.9. The second-order valence-corrected chi connectivity index (χ2v) is 7.87. The van der Waals surface area contributed by atoms with Crippen molar-refractivity contribution in [3.05, 3.63) is 69.7 Å². The number of nitrogens with one attached hydrogen (secondary N) is 1. The number of hydrogen-bond donors (Lipinski definition) is 3. The van der Waals surface area contributed by atoms with Crippen LogP contribution < -0.4 is 5.32 Å². The van der Waals surface area contributed by atoms with E-state index >= 15 is 0 Å². The molecule has 7 heteroatoms. The van der Waals surface area contributed by atoms with E-state index in [1.807, 2.05) is 48.5 Å². The van der Waals surface area contributed by atoms with Gasteiger partial charge in [0, 0.05) is 17.6 Å². The van der Waals surface area contributed by atoms with Gasteiger partial charge >= 0.3 is 0 Å². The Hall–Kier alpha value is -2.22. The van der Waals surface area contributed by atoms with Crippen LogP contribution >= 0.6 is 15.9 Å². The summed E-state index contributed by atoms with van der Waals surface area (Å²) < 4.78 is 0.868. The van der Waals surface area contributed by atoms with Gasteiger partial charge in [-0.15, -0.1) is 0 Å². The Kier molecular flexibility index (Phi) is 6.49. The molecule has 2 aromatic carbocycles. The van der Waals surface area contributed by atoms with Crippen molar-refractivity contribution in [2.24, 2.45) is 0 Å². The monoisotopic (exact) mass is 446 g/mol. The molecule has 0 spiro atoms. The fraction of sp³-hybridized carbons (Fsp3) is 0.333. The molecule has 148 valence electrons. The lowest BCUT2D eigenvalue weighted by Gasteiger charge is -2.31. The number of carbonyl (C=O) groups excluding carboxylic acids is 2. The lowest BCUT2D eigenvalue weighted by atomic mass is 9.99. The molecular formula is C21H23BrN2O4. The summed E-state index contributed by atoms with van der Waals surface area (Å²) in [5.41, 5.74) is 3.02. The average Bonchev–Trinajstić information content (AvgIpc) is 2.71. The highest BCUT2D eigenvalue weighted by Crippen LogP contribution is 2.20. The lowest BCUT2D eigenvalue weighted by molar-refractivity contribution is -0.154. The normalized spacial score (nSPS) is 16.6. The molecule has 3 rings (SSSR count). The molecular weight excluding hydrogens is 424 g/mol. The smallest absolute Gasteiger partial charge is 0.255 e. The van der Waals surface area contributed by atoms with Gasteiger partial charge in [-0.25, -0.2) is 0 Å². The number of rotatable bonds is 5. The van der Waals surface area contributed by atoms with Crippen LogP contribution in [-0.2, 0) is 22.6 Å². The first-order valence-electron chi connectivity index (χ1n) is 9.14. The Labute approximate surface area is 172 Å². The Balaban J connectivity index is 1.61. The summed E-state index contributed by atoms with van der Waals surface area (Å²) in [4.78, 5) is 26.4. The average molecular weight is 447 g/mol. The topological polar surface area (TPSA) is 89.9 Å². The lowest BCUT2D eigenvalue weighted by Crippen LogP contribution is -2.51. The molecule has 0 fully saturated rings. The van der Waals surface area contributed by atoms with Crippen molar-refractivity contribution >= 4 is 27.7 Å². The number of aliphatic hydroxyl groups excluding tert-OH is 2. The fourth-order valence-electron chi connectivity index (χ4n) is 3.31. The molecule has 0 saturated carbocycles. The Bertz CT molecular complexity index is 873. The van der Waals surface area contributed by atoms with Crippen LogP contribution in [0.4, 0.5) is 0 Å². The number of nitrogens with zero attached hydrogens (tertiary/aromatic N) is 1. The molecule has 1 aliphatic rings. The van der Waals surface area contributed by atoms with Crippen LogP contribution in [0.2, 0.25) is 0 Å². The van der Waals surface area contributed by atoms with Crippen LogP contribution in [0.5, 0.6) is 0 Å². The molecule has 2 amide bonds. The summed E-state index contributed by atoms with van der Waals surface area (Å²) in [6.45, 7) is 2.56. The van der Waals surface area contributed by atoms with Gasteiger partial charge < -0.3 is 20.4 Å². The summed E-state index contributed by atoms with van der Waals surface area (Å²) in [6, 6.07) is 14.8. The number of halogens is 1. The number of aliphatic hydroxyl groups is 2. The molecule has 0 aromatic heterocycles. The van der Waals surface area contributed by atoms with E-state index in [2.05, 4.69) is 21.2 Å². The largest absolute Gasteiger partial charge is 0.380 e. The van der Waals surface area contributed by atoms with Crippen molar-refractivity contribution in [1.82, 2.24) is 10.2 Å². The van der Waals surface area contributed by atoms with Crippen molar-refractivity contribution in [2.75, 3.05) is 6.54 Å².